The Hall–Kier alpha value is -1.53. The van der Waals surface area contributed by atoms with Crippen molar-refractivity contribution in [3.8, 4) is 11.8 Å². The molecule has 0 aliphatic rings. The summed E-state index contributed by atoms with van der Waals surface area (Å²) in [4.78, 5) is 0. The average Bonchev–Trinajstić information content (AvgIpc) is 2.08. The van der Waals surface area contributed by atoms with E-state index in [0.717, 1.165) is 5.56 Å². The Labute approximate surface area is 77.4 Å². The largest absolute Gasteiger partial charge is 0.508 e. The maximum absolute atomic E-state index is 9.46. The highest BCUT2D eigenvalue weighted by Gasteiger charge is 2.04. The maximum Gasteiger partial charge on any atom is 0.120 e. The lowest BCUT2D eigenvalue weighted by Gasteiger charge is -2.06. The van der Waals surface area contributed by atoms with Crippen molar-refractivity contribution in [2.24, 2.45) is 5.73 Å². The quantitative estimate of drug-likeness (QED) is 0.710. The van der Waals surface area contributed by atoms with E-state index in [1.165, 1.54) is 6.07 Å². The summed E-state index contributed by atoms with van der Waals surface area (Å²) >= 11 is 0. The van der Waals surface area contributed by atoms with Gasteiger partial charge in [0.25, 0.3) is 0 Å². The van der Waals surface area contributed by atoms with Crippen molar-refractivity contribution in [2.75, 3.05) is 0 Å². The van der Waals surface area contributed by atoms with Gasteiger partial charge in [0, 0.05) is 6.04 Å². The summed E-state index contributed by atoms with van der Waals surface area (Å²) in [6.07, 6.45) is 0.623. The monoisotopic (exact) mass is 176 g/mol. The average molecular weight is 176 g/mol. The molecule has 1 atom stereocenters. The molecule has 0 bridgehead atoms. The van der Waals surface area contributed by atoms with Gasteiger partial charge in [0.2, 0.25) is 0 Å². The molecule has 0 aromatic heterocycles. The van der Waals surface area contributed by atoms with Crippen LogP contribution in [-0.4, -0.2) is 11.1 Å². The van der Waals surface area contributed by atoms with Gasteiger partial charge in [-0.2, -0.15) is 5.26 Å². The van der Waals surface area contributed by atoms with Crippen molar-refractivity contribution >= 4 is 0 Å². The molecule has 0 saturated heterocycles. The Morgan fingerprint density at radius 2 is 2.31 bits per heavy atom. The van der Waals surface area contributed by atoms with E-state index in [9.17, 15) is 5.11 Å². The normalized spacial score (nSPS) is 12.1. The van der Waals surface area contributed by atoms with Crippen molar-refractivity contribution in [2.45, 2.75) is 19.4 Å². The third-order valence-corrected chi connectivity index (χ3v) is 1.76. The molecule has 3 nitrogen and oxygen atoms in total. The Morgan fingerprint density at radius 1 is 1.62 bits per heavy atom. The maximum atomic E-state index is 9.46. The standard InChI is InChI=1S/C10H12N2O/c1-7(12)4-9-3-2-8(6-11)5-10(9)13/h2-3,5,7,13H,4,12H2,1H3. The van der Waals surface area contributed by atoms with Gasteiger partial charge in [0.05, 0.1) is 11.6 Å². The van der Waals surface area contributed by atoms with Gasteiger partial charge < -0.3 is 10.8 Å². The van der Waals surface area contributed by atoms with Crippen LogP contribution in [0.3, 0.4) is 0 Å². The van der Waals surface area contributed by atoms with E-state index in [1.54, 1.807) is 12.1 Å². The van der Waals surface area contributed by atoms with Crippen LogP contribution in [0.15, 0.2) is 18.2 Å². The molecule has 13 heavy (non-hydrogen) atoms. The number of hydrogen-bond donors (Lipinski definition) is 2. The third kappa shape index (κ3) is 2.46. The van der Waals surface area contributed by atoms with E-state index in [4.69, 9.17) is 11.0 Å². The van der Waals surface area contributed by atoms with Gasteiger partial charge in [-0.15, -0.1) is 0 Å². The number of nitrogens with two attached hydrogens (primary N) is 1. The highest BCUT2D eigenvalue weighted by atomic mass is 16.3. The van der Waals surface area contributed by atoms with Crippen LogP contribution in [-0.2, 0) is 6.42 Å². The SMILES string of the molecule is CC(N)Cc1ccc(C#N)cc1O. The summed E-state index contributed by atoms with van der Waals surface area (Å²) in [7, 11) is 0. The molecular formula is C10H12N2O. The fourth-order valence-corrected chi connectivity index (χ4v) is 1.15. The fourth-order valence-electron chi connectivity index (χ4n) is 1.15. The molecule has 0 saturated carbocycles. The summed E-state index contributed by atoms with van der Waals surface area (Å²) in [6, 6.07) is 6.84. The third-order valence-electron chi connectivity index (χ3n) is 1.76. The van der Waals surface area contributed by atoms with Crippen LogP contribution in [0.1, 0.15) is 18.1 Å². The smallest absolute Gasteiger partial charge is 0.120 e. The molecule has 1 aromatic carbocycles. The van der Waals surface area contributed by atoms with E-state index in [2.05, 4.69) is 0 Å². The number of nitriles is 1. The number of rotatable bonds is 2. The van der Waals surface area contributed by atoms with Crippen LogP contribution in [0.2, 0.25) is 0 Å². The summed E-state index contributed by atoms with van der Waals surface area (Å²) < 4.78 is 0. The van der Waals surface area contributed by atoms with Gasteiger partial charge in [-0.1, -0.05) is 6.07 Å². The number of aromatic hydroxyl groups is 1. The van der Waals surface area contributed by atoms with E-state index < -0.39 is 0 Å². The lowest BCUT2D eigenvalue weighted by atomic mass is 10.0. The van der Waals surface area contributed by atoms with Crippen LogP contribution in [0.25, 0.3) is 0 Å². The second-order valence-corrected chi connectivity index (χ2v) is 3.14. The van der Waals surface area contributed by atoms with E-state index in [1.807, 2.05) is 13.0 Å². The minimum absolute atomic E-state index is 0.0128. The number of benzene rings is 1. The Morgan fingerprint density at radius 3 is 2.77 bits per heavy atom. The molecule has 0 aliphatic carbocycles. The molecule has 0 amide bonds. The minimum atomic E-state index is 0.0128. The number of hydrogen-bond acceptors (Lipinski definition) is 3. The molecule has 0 spiro atoms. The van der Waals surface area contributed by atoms with Gasteiger partial charge in [0.1, 0.15) is 5.75 Å². The highest BCUT2D eigenvalue weighted by molar-refractivity contribution is 5.41. The second-order valence-electron chi connectivity index (χ2n) is 3.14. The second kappa shape index (κ2) is 3.92. The van der Waals surface area contributed by atoms with Crippen molar-refractivity contribution in [3.05, 3.63) is 29.3 Å². The van der Waals surface area contributed by atoms with Crippen molar-refractivity contribution < 1.29 is 5.11 Å². The summed E-state index contributed by atoms with van der Waals surface area (Å²) in [5.74, 6) is 0.149. The zero-order valence-corrected chi connectivity index (χ0v) is 7.49. The molecule has 1 aromatic rings. The van der Waals surface area contributed by atoms with Crippen molar-refractivity contribution in [1.29, 1.82) is 5.26 Å². The predicted octanol–water partition coefficient (Wildman–Crippen LogP) is 1.15. The van der Waals surface area contributed by atoms with Crippen LogP contribution in [0.4, 0.5) is 0 Å². The molecule has 3 heteroatoms. The Kier molecular flexibility index (Phi) is 2.88. The number of phenolic OH excluding ortho intramolecular Hbond substituents is 1. The summed E-state index contributed by atoms with van der Waals surface area (Å²) in [6.45, 7) is 1.87. The van der Waals surface area contributed by atoms with Crippen molar-refractivity contribution in [3.63, 3.8) is 0 Å². The lowest BCUT2D eigenvalue weighted by Crippen LogP contribution is -2.17. The molecule has 1 rings (SSSR count). The predicted molar refractivity (Wildman–Crippen MR) is 50.2 cm³/mol. The van der Waals surface area contributed by atoms with Gasteiger partial charge >= 0.3 is 0 Å². The molecule has 68 valence electrons. The molecule has 0 radical (unpaired) electrons. The highest BCUT2D eigenvalue weighted by Crippen LogP contribution is 2.19. The topological polar surface area (TPSA) is 70.0 Å². The van der Waals surface area contributed by atoms with E-state index in [0.29, 0.717) is 12.0 Å². The number of nitrogens with zero attached hydrogens (tertiary/aromatic N) is 1. The summed E-state index contributed by atoms with van der Waals surface area (Å²) in [5, 5.41) is 18.0. The fraction of sp³-hybridized carbons (Fsp3) is 0.300. The van der Waals surface area contributed by atoms with Gasteiger partial charge in [-0.05, 0) is 31.0 Å². The lowest BCUT2D eigenvalue weighted by molar-refractivity contribution is 0.465. The van der Waals surface area contributed by atoms with Crippen LogP contribution in [0, 0.1) is 11.3 Å². The molecule has 0 aliphatic heterocycles. The molecule has 0 heterocycles. The summed E-state index contributed by atoms with van der Waals surface area (Å²) in [5.41, 5.74) is 6.84. The Balaban J connectivity index is 2.93. The Bertz CT molecular complexity index is 339. The van der Waals surface area contributed by atoms with E-state index >= 15 is 0 Å². The first-order valence-corrected chi connectivity index (χ1v) is 4.11. The van der Waals surface area contributed by atoms with Crippen LogP contribution >= 0.6 is 0 Å². The zero-order chi connectivity index (χ0) is 9.84. The van der Waals surface area contributed by atoms with Gasteiger partial charge in [-0.3, -0.25) is 0 Å². The van der Waals surface area contributed by atoms with Crippen LogP contribution < -0.4 is 5.73 Å². The first-order chi connectivity index (χ1) is 6.13. The first-order valence-electron chi connectivity index (χ1n) is 4.11. The van der Waals surface area contributed by atoms with Crippen molar-refractivity contribution in [1.82, 2.24) is 0 Å². The van der Waals surface area contributed by atoms with Gasteiger partial charge in [0.15, 0.2) is 0 Å². The minimum Gasteiger partial charge on any atom is -0.508 e. The van der Waals surface area contributed by atoms with E-state index in [-0.39, 0.29) is 11.8 Å². The van der Waals surface area contributed by atoms with Gasteiger partial charge in [-0.25, -0.2) is 0 Å². The molecule has 0 fully saturated rings. The first kappa shape index (κ1) is 9.56. The molecule has 3 N–H and O–H groups in total. The number of phenols is 1. The van der Waals surface area contributed by atoms with Crippen LogP contribution in [0.5, 0.6) is 5.75 Å². The molecular weight excluding hydrogens is 164 g/mol. The zero-order valence-electron chi connectivity index (χ0n) is 7.49. The molecule has 1 unspecified atom stereocenters.